The van der Waals surface area contributed by atoms with Crippen molar-refractivity contribution in [3.63, 3.8) is 0 Å². The molecule has 0 aliphatic carbocycles. The molecular weight excluding hydrogens is 310 g/mol. The maximum Gasteiger partial charge on any atom is 0.327 e. The molecule has 1 amide bonds. The smallest absolute Gasteiger partial charge is 0.327 e. The van der Waals surface area contributed by atoms with Gasteiger partial charge in [0.05, 0.1) is 25.6 Å². The van der Waals surface area contributed by atoms with Crippen LogP contribution in [0.15, 0.2) is 36.7 Å². The molecule has 1 aliphatic rings. The SMILES string of the molecule is COC(=O)Cn1cc(NC(=O)C[C@@H]2CCOc3ccccc32)cn1. The number of hydrogen-bond donors (Lipinski definition) is 1. The molecule has 2 heterocycles. The van der Waals surface area contributed by atoms with Crippen molar-refractivity contribution in [1.82, 2.24) is 9.78 Å². The zero-order chi connectivity index (χ0) is 16.9. The normalized spacial score (nSPS) is 16.0. The third-order valence-electron chi connectivity index (χ3n) is 3.95. The van der Waals surface area contributed by atoms with E-state index in [1.54, 1.807) is 6.20 Å². The van der Waals surface area contributed by atoms with Crippen LogP contribution in [0.5, 0.6) is 5.75 Å². The molecule has 3 rings (SSSR count). The van der Waals surface area contributed by atoms with Gasteiger partial charge in [-0.2, -0.15) is 5.10 Å². The second-order valence-electron chi connectivity index (χ2n) is 5.63. The molecule has 0 spiro atoms. The summed E-state index contributed by atoms with van der Waals surface area (Å²) in [5.74, 6) is 0.511. The molecule has 126 valence electrons. The number of aromatic nitrogens is 2. The van der Waals surface area contributed by atoms with Crippen LogP contribution in [0.4, 0.5) is 5.69 Å². The summed E-state index contributed by atoms with van der Waals surface area (Å²) in [7, 11) is 1.32. The van der Waals surface area contributed by atoms with Crippen molar-refractivity contribution in [3.8, 4) is 5.75 Å². The first-order valence-corrected chi connectivity index (χ1v) is 7.76. The zero-order valence-electron chi connectivity index (χ0n) is 13.4. The Bertz CT molecular complexity index is 741. The fourth-order valence-electron chi connectivity index (χ4n) is 2.78. The zero-order valence-corrected chi connectivity index (χ0v) is 13.4. The first-order valence-electron chi connectivity index (χ1n) is 7.76. The standard InChI is InChI=1S/C17H19N3O4/c1-23-17(22)11-20-10-13(9-18-20)19-16(21)8-12-6-7-24-15-5-3-2-4-14(12)15/h2-5,9-10,12H,6-8,11H2,1H3,(H,19,21)/t12-/m0/s1. The number of anilines is 1. The van der Waals surface area contributed by atoms with Gasteiger partial charge in [-0.25, -0.2) is 0 Å². The highest BCUT2D eigenvalue weighted by Gasteiger charge is 2.23. The Morgan fingerprint density at radius 2 is 2.25 bits per heavy atom. The third-order valence-corrected chi connectivity index (χ3v) is 3.95. The first kappa shape index (κ1) is 16.0. The summed E-state index contributed by atoms with van der Waals surface area (Å²) < 4.78 is 11.6. The van der Waals surface area contributed by atoms with Gasteiger partial charge in [0.2, 0.25) is 5.91 Å². The quantitative estimate of drug-likeness (QED) is 0.848. The average Bonchev–Trinajstić information content (AvgIpc) is 3.01. The summed E-state index contributed by atoms with van der Waals surface area (Å²) in [6, 6.07) is 7.81. The molecule has 0 unspecified atom stereocenters. The number of methoxy groups -OCH3 is 1. The number of rotatable bonds is 5. The molecule has 0 saturated carbocycles. The predicted octanol–water partition coefficient (Wildman–Crippen LogP) is 1.95. The monoisotopic (exact) mass is 329 g/mol. The summed E-state index contributed by atoms with van der Waals surface area (Å²) in [6.45, 7) is 0.631. The Hall–Kier alpha value is -2.83. The van der Waals surface area contributed by atoms with E-state index in [1.807, 2.05) is 24.3 Å². The minimum absolute atomic E-state index is 0.0136. The van der Waals surface area contributed by atoms with E-state index in [0.717, 1.165) is 17.7 Å². The highest BCUT2D eigenvalue weighted by Crippen LogP contribution is 2.35. The van der Waals surface area contributed by atoms with E-state index in [0.29, 0.717) is 18.7 Å². The molecule has 1 atom stereocenters. The molecule has 7 heteroatoms. The largest absolute Gasteiger partial charge is 0.493 e. The number of amides is 1. The third kappa shape index (κ3) is 3.73. The highest BCUT2D eigenvalue weighted by molar-refractivity contribution is 5.91. The number of hydrogen-bond acceptors (Lipinski definition) is 5. The average molecular weight is 329 g/mol. The number of para-hydroxylation sites is 1. The number of benzene rings is 1. The lowest BCUT2D eigenvalue weighted by molar-refractivity contribution is -0.141. The number of nitrogens with zero attached hydrogens (tertiary/aromatic N) is 2. The van der Waals surface area contributed by atoms with Crippen LogP contribution < -0.4 is 10.1 Å². The maximum absolute atomic E-state index is 12.3. The molecule has 0 radical (unpaired) electrons. The van der Waals surface area contributed by atoms with Crippen LogP contribution >= 0.6 is 0 Å². The van der Waals surface area contributed by atoms with Crippen LogP contribution in [0.2, 0.25) is 0 Å². The van der Waals surface area contributed by atoms with Gasteiger partial charge in [-0.15, -0.1) is 0 Å². The van der Waals surface area contributed by atoms with Crippen molar-refractivity contribution in [2.45, 2.75) is 25.3 Å². The van der Waals surface area contributed by atoms with Crippen molar-refractivity contribution in [3.05, 3.63) is 42.2 Å². The van der Waals surface area contributed by atoms with E-state index in [4.69, 9.17) is 4.74 Å². The van der Waals surface area contributed by atoms with Gasteiger partial charge in [0.15, 0.2) is 0 Å². The van der Waals surface area contributed by atoms with Crippen LogP contribution in [-0.2, 0) is 20.9 Å². The minimum Gasteiger partial charge on any atom is -0.493 e. The van der Waals surface area contributed by atoms with Gasteiger partial charge >= 0.3 is 5.97 Å². The summed E-state index contributed by atoms with van der Waals surface area (Å²) >= 11 is 0. The molecule has 24 heavy (non-hydrogen) atoms. The Balaban J connectivity index is 1.60. The van der Waals surface area contributed by atoms with Crippen molar-refractivity contribution in [1.29, 1.82) is 0 Å². The number of carbonyl (C=O) groups is 2. The van der Waals surface area contributed by atoms with Gasteiger partial charge in [0.1, 0.15) is 12.3 Å². The first-order chi connectivity index (χ1) is 11.7. The maximum atomic E-state index is 12.3. The van der Waals surface area contributed by atoms with Crippen molar-refractivity contribution >= 4 is 17.6 Å². The molecular formula is C17H19N3O4. The molecule has 1 aliphatic heterocycles. The lowest BCUT2D eigenvalue weighted by atomic mass is 9.90. The second-order valence-corrected chi connectivity index (χ2v) is 5.63. The van der Waals surface area contributed by atoms with Crippen LogP contribution in [0, 0.1) is 0 Å². The van der Waals surface area contributed by atoms with E-state index in [9.17, 15) is 9.59 Å². The Morgan fingerprint density at radius 3 is 3.08 bits per heavy atom. The number of ether oxygens (including phenoxy) is 2. The second kappa shape index (κ2) is 7.16. The fraction of sp³-hybridized carbons (Fsp3) is 0.353. The molecule has 2 aromatic rings. The van der Waals surface area contributed by atoms with Crippen LogP contribution in [0.25, 0.3) is 0 Å². The summed E-state index contributed by atoms with van der Waals surface area (Å²) in [5.41, 5.74) is 1.63. The van der Waals surface area contributed by atoms with Crippen LogP contribution in [0.3, 0.4) is 0 Å². The van der Waals surface area contributed by atoms with E-state index >= 15 is 0 Å². The van der Waals surface area contributed by atoms with Crippen molar-refractivity contribution in [2.24, 2.45) is 0 Å². The van der Waals surface area contributed by atoms with Crippen molar-refractivity contribution in [2.75, 3.05) is 19.0 Å². The number of carbonyl (C=O) groups excluding carboxylic acids is 2. The molecule has 1 N–H and O–H groups in total. The number of esters is 1. The lowest BCUT2D eigenvalue weighted by Gasteiger charge is -2.25. The molecule has 0 fully saturated rings. The predicted molar refractivity (Wildman–Crippen MR) is 86.8 cm³/mol. The Kier molecular flexibility index (Phi) is 4.79. The van der Waals surface area contributed by atoms with Crippen LogP contribution in [0.1, 0.15) is 24.3 Å². The fourth-order valence-corrected chi connectivity index (χ4v) is 2.78. The molecule has 1 aromatic carbocycles. The molecule has 0 bridgehead atoms. The molecule has 0 saturated heterocycles. The number of nitrogens with one attached hydrogen (secondary N) is 1. The van der Waals surface area contributed by atoms with Gasteiger partial charge in [-0.1, -0.05) is 18.2 Å². The van der Waals surface area contributed by atoms with Gasteiger partial charge in [0, 0.05) is 12.6 Å². The Labute approximate surface area is 139 Å². The van der Waals surface area contributed by atoms with E-state index in [1.165, 1.54) is 18.0 Å². The van der Waals surface area contributed by atoms with Gasteiger partial charge in [-0.05, 0) is 24.0 Å². The van der Waals surface area contributed by atoms with Crippen molar-refractivity contribution < 1.29 is 19.1 Å². The van der Waals surface area contributed by atoms with E-state index < -0.39 is 5.97 Å². The topological polar surface area (TPSA) is 82.5 Å². The minimum atomic E-state index is -0.394. The van der Waals surface area contributed by atoms with Gasteiger partial charge < -0.3 is 14.8 Å². The number of fused-ring (bicyclic) bond motifs is 1. The van der Waals surface area contributed by atoms with Gasteiger partial charge in [-0.3, -0.25) is 14.3 Å². The Morgan fingerprint density at radius 1 is 1.42 bits per heavy atom. The van der Waals surface area contributed by atoms with Crippen LogP contribution in [-0.4, -0.2) is 35.4 Å². The van der Waals surface area contributed by atoms with E-state index in [2.05, 4.69) is 15.2 Å². The van der Waals surface area contributed by atoms with E-state index in [-0.39, 0.29) is 18.4 Å². The molecule has 1 aromatic heterocycles. The highest BCUT2D eigenvalue weighted by atomic mass is 16.5. The molecule has 7 nitrogen and oxygen atoms in total. The summed E-state index contributed by atoms with van der Waals surface area (Å²) in [5, 5.41) is 6.84. The summed E-state index contributed by atoms with van der Waals surface area (Å²) in [4.78, 5) is 23.5. The lowest BCUT2D eigenvalue weighted by Crippen LogP contribution is -2.20. The summed E-state index contributed by atoms with van der Waals surface area (Å²) in [6.07, 6.45) is 4.31. The van der Waals surface area contributed by atoms with Gasteiger partial charge in [0.25, 0.3) is 0 Å².